The Morgan fingerprint density at radius 3 is 2.22 bits per heavy atom. The molecule has 18 heavy (non-hydrogen) atoms. The number of hydrogen-bond donors (Lipinski definition) is 1. The molecule has 0 unspecified atom stereocenters. The van der Waals surface area contributed by atoms with Crippen LogP contribution in [0.3, 0.4) is 0 Å². The smallest absolute Gasteiger partial charge is 0.363 e. The van der Waals surface area contributed by atoms with Gasteiger partial charge in [0.15, 0.2) is 0 Å². The molecule has 2 nitrogen and oxygen atoms in total. The molecular formula is C13H19F3N2. The van der Waals surface area contributed by atoms with Crippen LogP contribution in [0.5, 0.6) is 0 Å². The van der Waals surface area contributed by atoms with E-state index in [1.54, 1.807) is 12.1 Å². The van der Waals surface area contributed by atoms with Gasteiger partial charge in [0.1, 0.15) is 6.54 Å². The molecule has 5 heteroatoms. The Morgan fingerprint density at radius 2 is 1.78 bits per heavy atom. The first-order chi connectivity index (χ1) is 8.46. The minimum atomic E-state index is -4.17. The van der Waals surface area contributed by atoms with Crippen LogP contribution in [0, 0.1) is 0 Å². The zero-order valence-electron chi connectivity index (χ0n) is 10.7. The minimum Gasteiger partial charge on any atom is -0.363 e. The summed E-state index contributed by atoms with van der Waals surface area (Å²) in [5.74, 6) is 0. The van der Waals surface area contributed by atoms with Crippen molar-refractivity contribution in [3.8, 4) is 0 Å². The number of nitrogens with one attached hydrogen (secondary N) is 1. The van der Waals surface area contributed by atoms with E-state index in [1.165, 1.54) is 4.90 Å². The maximum Gasteiger partial charge on any atom is 0.405 e. The molecule has 1 aromatic carbocycles. The lowest BCUT2D eigenvalue weighted by molar-refractivity contribution is -0.119. The quantitative estimate of drug-likeness (QED) is 0.845. The standard InChI is InChI=1S/C13H19F3N2/c1-3-8-18(10-13(14,15)16)12-6-4-11(5-7-12)9-17-2/h4-7,17H,3,8-10H2,1-2H3. The summed E-state index contributed by atoms with van der Waals surface area (Å²) < 4.78 is 37.4. The average Bonchev–Trinajstić information content (AvgIpc) is 2.28. The molecule has 0 aromatic heterocycles. The largest absolute Gasteiger partial charge is 0.405 e. The van der Waals surface area contributed by atoms with Gasteiger partial charge in [0.05, 0.1) is 0 Å². The maximum atomic E-state index is 12.5. The van der Waals surface area contributed by atoms with Gasteiger partial charge >= 0.3 is 6.18 Å². The molecule has 0 atom stereocenters. The number of halogens is 3. The summed E-state index contributed by atoms with van der Waals surface area (Å²) in [6.07, 6.45) is -3.48. The highest BCUT2D eigenvalue weighted by Gasteiger charge is 2.30. The predicted octanol–water partition coefficient (Wildman–Crippen LogP) is 3.18. The molecule has 0 aliphatic carbocycles. The second-order valence-electron chi connectivity index (χ2n) is 4.23. The molecular weight excluding hydrogens is 241 g/mol. The van der Waals surface area contributed by atoms with Crippen LogP contribution >= 0.6 is 0 Å². The Labute approximate surface area is 106 Å². The molecule has 0 aliphatic rings. The van der Waals surface area contributed by atoms with Crippen LogP contribution in [0.4, 0.5) is 18.9 Å². The summed E-state index contributed by atoms with van der Waals surface area (Å²) in [5, 5.41) is 3.00. The lowest BCUT2D eigenvalue weighted by atomic mass is 10.2. The summed E-state index contributed by atoms with van der Waals surface area (Å²) in [5.41, 5.74) is 1.68. The predicted molar refractivity (Wildman–Crippen MR) is 67.8 cm³/mol. The Balaban J connectivity index is 2.78. The number of nitrogens with zero attached hydrogens (tertiary/aromatic N) is 1. The Morgan fingerprint density at radius 1 is 1.17 bits per heavy atom. The van der Waals surface area contributed by atoms with Gasteiger partial charge in [-0.1, -0.05) is 19.1 Å². The first-order valence-electron chi connectivity index (χ1n) is 6.01. The number of anilines is 1. The van der Waals surface area contributed by atoms with Crippen LogP contribution in [0.1, 0.15) is 18.9 Å². The van der Waals surface area contributed by atoms with Gasteiger partial charge in [-0.3, -0.25) is 0 Å². The fourth-order valence-corrected chi connectivity index (χ4v) is 1.81. The Bertz CT molecular complexity index is 346. The zero-order chi connectivity index (χ0) is 13.6. The van der Waals surface area contributed by atoms with Crippen LogP contribution in [0.15, 0.2) is 24.3 Å². The van der Waals surface area contributed by atoms with E-state index in [9.17, 15) is 13.2 Å². The van der Waals surface area contributed by atoms with E-state index in [0.717, 1.165) is 5.56 Å². The SMILES string of the molecule is CCCN(CC(F)(F)F)c1ccc(CNC)cc1. The maximum absolute atomic E-state index is 12.5. The van der Waals surface area contributed by atoms with Crippen molar-refractivity contribution in [3.63, 3.8) is 0 Å². The van der Waals surface area contributed by atoms with E-state index in [1.807, 2.05) is 26.1 Å². The summed E-state index contributed by atoms with van der Waals surface area (Å²) in [4.78, 5) is 1.36. The van der Waals surface area contributed by atoms with Crippen molar-refractivity contribution in [2.45, 2.75) is 26.1 Å². The van der Waals surface area contributed by atoms with Crippen molar-refractivity contribution < 1.29 is 13.2 Å². The molecule has 0 amide bonds. The second kappa shape index (κ2) is 6.64. The number of alkyl halides is 3. The van der Waals surface area contributed by atoms with E-state index in [-0.39, 0.29) is 0 Å². The molecule has 0 heterocycles. The molecule has 102 valence electrons. The van der Waals surface area contributed by atoms with Crippen LogP contribution in [-0.2, 0) is 6.54 Å². The molecule has 1 N–H and O–H groups in total. The Kier molecular flexibility index (Phi) is 5.47. The van der Waals surface area contributed by atoms with E-state index >= 15 is 0 Å². The molecule has 0 aliphatic heterocycles. The van der Waals surface area contributed by atoms with Crippen molar-refractivity contribution >= 4 is 5.69 Å². The zero-order valence-corrected chi connectivity index (χ0v) is 10.7. The van der Waals surface area contributed by atoms with Crippen LogP contribution in [0.25, 0.3) is 0 Å². The monoisotopic (exact) mass is 260 g/mol. The van der Waals surface area contributed by atoms with Crippen LogP contribution in [0.2, 0.25) is 0 Å². The lowest BCUT2D eigenvalue weighted by Gasteiger charge is -2.25. The molecule has 0 bridgehead atoms. The third kappa shape index (κ3) is 4.96. The fraction of sp³-hybridized carbons (Fsp3) is 0.538. The number of rotatable bonds is 6. The van der Waals surface area contributed by atoms with Crippen molar-refractivity contribution in [1.29, 1.82) is 0 Å². The van der Waals surface area contributed by atoms with Crippen molar-refractivity contribution in [2.75, 3.05) is 25.0 Å². The van der Waals surface area contributed by atoms with Gasteiger partial charge in [0, 0.05) is 18.8 Å². The summed E-state index contributed by atoms with van der Waals surface area (Å²) in [7, 11) is 1.83. The fourth-order valence-electron chi connectivity index (χ4n) is 1.81. The highest BCUT2D eigenvalue weighted by molar-refractivity contribution is 5.47. The third-order valence-corrected chi connectivity index (χ3v) is 2.55. The first kappa shape index (κ1) is 14.8. The lowest BCUT2D eigenvalue weighted by Crippen LogP contribution is -2.34. The molecule has 0 saturated heterocycles. The van der Waals surface area contributed by atoms with Crippen molar-refractivity contribution in [1.82, 2.24) is 5.32 Å². The molecule has 0 saturated carbocycles. The van der Waals surface area contributed by atoms with Gasteiger partial charge in [0.25, 0.3) is 0 Å². The van der Waals surface area contributed by atoms with Gasteiger partial charge in [0.2, 0.25) is 0 Å². The summed E-state index contributed by atoms with van der Waals surface area (Å²) >= 11 is 0. The van der Waals surface area contributed by atoms with Gasteiger partial charge in [-0.05, 0) is 31.2 Å². The number of hydrogen-bond acceptors (Lipinski definition) is 2. The third-order valence-electron chi connectivity index (χ3n) is 2.55. The van der Waals surface area contributed by atoms with Crippen molar-refractivity contribution in [2.24, 2.45) is 0 Å². The average molecular weight is 260 g/mol. The van der Waals surface area contributed by atoms with Gasteiger partial charge < -0.3 is 10.2 Å². The van der Waals surface area contributed by atoms with E-state index in [0.29, 0.717) is 25.2 Å². The molecule has 0 fully saturated rings. The van der Waals surface area contributed by atoms with Gasteiger partial charge in [-0.25, -0.2) is 0 Å². The molecule has 0 radical (unpaired) electrons. The molecule has 0 spiro atoms. The minimum absolute atomic E-state index is 0.408. The first-order valence-corrected chi connectivity index (χ1v) is 6.01. The Hall–Kier alpha value is -1.23. The molecule has 1 aromatic rings. The van der Waals surface area contributed by atoms with Crippen LogP contribution < -0.4 is 10.2 Å². The van der Waals surface area contributed by atoms with Crippen LogP contribution in [-0.4, -0.2) is 26.3 Å². The highest BCUT2D eigenvalue weighted by Crippen LogP contribution is 2.22. The number of benzene rings is 1. The summed E-state index contributed by atoms with van der Waals surface area (Å²) in [6, 6.07) is 7.19. The second-order valence-corrected chi connectivity index (χ2v) is 4.23. The van der Waals surface area contributed by atoms with Crippen molar-refractivity contribution in [3.05, 3.63) is 29.8 Å². The van der Waals surface area contributed by atoms with E-state index < -0.39 is 12.7 Å². The van der Waals surface area contributed by atoms with E-state index in [4.69, 9.17) is 0 Å². The summed E-state index contributed by atoms with van der Waals surface area (Å²) in [6.45, 7) is 2.10. The highest BCUT2D eigenvalue weighted by atomic mass is 19.4. The van der Waals surface area contributed by atoms with Gasteiger partial charge in [-0.2, -0.15) is 13.2 Å². The normalized spacial score (nSPS) is 11.6. The topological polar surface area (TPSA) is 15.3 Å². The van der Waals surface area contributed by atoms with E-state index in [2.05, 4.69) is 5.32 Å². The van der Waals surface area contributed by atoms with Gasteiger partial charge in [-0.15, -0.1) is 0 Å². The molecule has 1 rings (SSSR count).